The minimum Gasteiger partial charge on any atom is -0.440 e. The second kappa shape index (κ2) is 7.78. The van der Waals surface area contributed by atoms with E-state index in [4.69, 9.17) is 4.42 Å². The zero-order valence-corrected chi connectivity index (χ0v) is 15.7. The minimum absolute atomic E-state index is 0.0160. The molecule has 5 nitrogen and oxygen atoms in total. The Hall–Kier alpha value is -1.88. The van der Waals surface area contributed by atoms with Crippen molar-refractivity contribution in [3.63, 3.8) is 0 Å². The monoisotopic (exact) mass is 355 g/mol. The summed E-state index contributed by atoms with van der Waals surface area (Å²) in [6.45, 7) is 5.81. The van der Waals surface area contributed by atoms with E-state index in [2.05, 4.69) is 21.7 Å². The van der Waals surface area contributed by atoms with Gasteiger partial charge in [0.25, 0.3) is 0 Å². The topological polar surface area (TPSA) is 49.6 Å². The van der Waals surface area contributed by atoms with Crippen LogP contribution in [0.5, 0.6) is 0 Å². The minimum atomic E-state index is -0.0160. The molecule has 26 heavy (non-hydrogen) atoms. The van der Waals surface area contributed by atoms with E-state index < -0.39 is 0 Å². The maximum Gasteiger partial charge on any atom is 0.239 e. The molecule has 3 heterocycles. The third-order valence-corrected chi connectivity index (χ3v) is 6.01. The highest BCUT2D eigenvalue weighted by Crippen LogP contribution is 2.30. The molecule has 2 fully saturated rings. The van der Waals surface area contributed by atoms with Crippen molar-refractivity contribution in [1.29, 1.82) is 0 Å². The van der Waals surface area contributed by atoms with Crippen molar-refractivity contribution >= 4 is 17.0 Å². The molecule has 5 heteroatoms. The average molecular weight is 355 g/mol. The van der Waals surface area contributed by atoms with Crippen molar-refractivity contribution in [3.05, 3.63) is 30.2 Å². The number of nitrogens with zero attached hydrogens (tertiary/aromatic N) is 3. The summed E-state index contributed by atoms with van der Waals surface area (Å²) in [6.07, 6.45) is 6.83. The number of carbonyl (C=O) groups is 1. The lowest BCUT2D eigenvalue weighted by Crippen LogP contribution is -2.49. The Kier molecular flexibility index (Phi) is 5.25. The Morgan fingerprint density at radius 2 is 1.77 bits per heavy atom. The highest BCUT2D eigenvalue weighted by molar-refractivity contribution is 5.81. The number of para-hydroxylation sites is 2. The van der Waals surface area contributed by atoms with Gasteiger partial charge in [0, 0.05) is 19.0 Å². The Bertz CT molecular complexity index is 708. The quantitative estimate of drug-likeness (QED) is 0.840. The van der Waals surface area contributed by atoms with E-state index in [1.807, 2.05) is 24.3 Å². The van der Waals surface area contributed by atoms with Crippen molar-refractivity contribution in [2.75, 3.05) is 26.2 Å². The van der Waals surface area contributed by atoms with Gasteiger partial charge in [0.15, 0.2) is 11.5 Å². The van der Waals surface area contributed by atoms with Gasteiger partial charge in [0.1, 0.15) is 5.52 Å². The first kappa shape index (κ1) is 17.5. The highest BCUT2D eigenvalue weighted by Gasteiger charge is 2.31. The van der Waals surface area contributed by atoms with E-state index >= 15 is 0 Å². The lowest BCUT2D eigenvalue weighted by atomic mass is 9.95. The van der Waals surface area contributed by atoms with E-state index in [0.717, 1.165) is 68.9 Å². The molecule has 4 rings (SSSR count). The van der Waals surface area contributed by atoms with Gasteiger partial charge in [-0.1, -0.05) is 25.0 Å². The summed E-state index contributed by atoms with van der Waals surface area (Å²) in [4.78, 5) is 22.0. The van der Waals surface area contributed by atoms with E-state index in [9.17, 15) is 4.79 Å². The Balaban J connectivity index is 1.35. The maximum absolute atomic E-state index is 12.9. The van der Waals surface area contributed by atoms with Crippen LogP contribution in [0.2, 0.25) is 0 Å². The Morgan fingerprint density at radius 3 is 2.46 bits per heavy atom. The number of fused-ring (bicyclic) bond motifs is 1. The van der Waals surface area contributed by atoms with Crippen molar-refractivity contribution in [2.45, 2.75) is 57.4 Å². The third kappa shape index (κ3) is 3.63. The molecule has 2 aliphatic rings. The number of hydrogen-bond acceptors (Lipinski definition) is 4. The fraction of sp³-hybridized carbons (Fsp3) is 0.619. The summed E-state index contributed by atoms with van der Waals surface area (Å²) in [5, 5.41) is 0. The van der Waals surface area contributed by atoms with E-state index in [1.54, 1.807) is 0 Å². The molecule has 1 amide bonds. The molecular formula is C21H29N3O2. The molecule has 1 aromatic carbocycles. The molecule has 0 radical (unpaired) electrons. The van der Waals surface area contributed by atoms with Crippen molar-refractivity contribution in [3.8, 4) is 0 Å². The van der Waals surface area contributed by atoms with Crippen LogP contribution in [0.25, 0.3) is 11.1 Å². The first-order chi connectivity index (χ1) is 12.7. The fourth-order valence-electron chi connectivity index (χ4n) is 4.31. The molecule has 1 aromatic heterocycles. The zero-order chi connectivity index (χ0) is 17.9. The van der Waals surface area contributed by atoms with Crippen molar-refractivity contribution in [2.24, 2.45) is 0 Å². The van der Waals surface area contributed by atoms with Crippen LogP contribution in [0.3, 0.4) is 0 Å². The first-order valence-electron chi connectivity index (χ1n) is 10.1. The van der Waals surface area contributed by atoms with Gasteiger partial charge in [-0.2, -0.15) is 0 Å². The molecule has 0 spiro atoms. The van der Waals surface area contributed by atoms with Crippen LogP contribution in [0, 0.1) is 0 Å². The van der Waals surface area contributed by atoms with Gasteiger partial charge in [-0.3, -0.25) is 9.69 Å². The van der Waals surface area contributed by atoms with Gasteiger partial charge >= 0.3 is 0 Å². The maximum atomic E-state index is 12.9. The van der Waals surface area contributed by atoms with Gasteiger partial charge in [-0.05, 0) is 57.8 Å². The van der Waals surface area contributed by atoms with Gasteiger partial charge in [-0.25, -0.2) is 4.98 Å². The highest BCUT2D eigenvalue weighted by atomic mass is 16.3. The summed E-state index contributed by atoms with van der Waals surface area (Å²) in [5.74, 6) is 1.53. The van der Waals surface area contributed by atoms with E-state index in [-0.39, 0.29) is 6.04 Å². The van der Waals surface area contributed by atoms with Gasteiger partial charge in [0.2, 0.25) is 5.91 Å². The zero-order valence-electron chi connectivity index (χ0n) is 15.7. The van der Waals surface area contributed by atoms with Crippen LogP contribution in [-0.2, 0) is 4.79 Å². The molecule has 2 saturated heterocycles. The number of hydrogen-bond donors (Lipinski definition) is 0. The van der Waals surface area contributed by atoms with Crippen molar-refractivity contribution < 1.29 is 9.21 Å². The lowest BCUT2D eigenvalue weighted by molar-refractivity contribution is -0.136. The number of carbonyl (C=O) groups excluding carboxylic acids is 1. The Labute approximate surface area is 155 Å². The molecule has 140 valence electrons. The van der Waals surface area contributed by atoms with Crippen LogP contribution >= 0.6 is 0 Å². The number of likely N-dealkylation sites (tertiary alicyclic amines) is 2. The SMILES string of the molecule is C[C@H](C(=O)N1CCCCCC1)N1CCC(c2nc3ccccc3o2)CC1. The average Bonchev–Trinajstić information content (AvgIpc) is 2.93. The summed E-state index contributed by atoms with van der Waals surface area (Å²) in [7, 11) is 0. The van der Waals surface area contributed by atoms with Gasteiger partial charge < -0.3 is 9.32 Å². The third-order valence-electron chi connectivity index (χ3n) is 6.01. The molecule has 0 unspecified atom stereocenters. The Morgan fingerprint density at radius 1 is 1.08 bits per heavy atom. The van der Waals surface area contributed by atoms with E-state index in [0.29, 0.717) is 11.8 Å². The predicted octanol–water partition coefficient (Wildman–Crippen LogP) is 3.80. The number of rotatable bonds is 3. The largest absolute Gasteiger partial charge is 0.440 e. The van der Waals surface area contributed by atoms with Crippen molar-refractivity contribution in [1.82, 2.24) is 14.8 Å². The molecule has 1 atom stereocenters. The normalized spacial score (nSPS) is 21.7. The molecule has 2 aliphatic heterocycles. The fourth-order valence-corrected chi connectivity index (χ4v) is 4.31. The molecular weight excluding hydrogens is 326 g/mol. The molecule has 0 saturated carbocycles. The van der Waals surface area contributed by atoms with Crippen LogP contribution in [0.1, 0.15) is 57.3 Å². The number of oxazole rings is 1. The van der Waals surface area contributed by atoms with Crippen LogP contribution < -0.4 is 0 Å². The first-order valence-corrected chi connectivity index (χ1v) is 10.1. The summed E-state index contributed by atoms with van der Waals surface area (Å²) in [5.41, 5.74) is 1.81. The number of piperidine rings is 1. The van der Waals surface area contributed by atoms with Crippen LogP contribution in [-0.4, -0.2) is 52.9 Å². The summed E-state index contributed by atoms with van der Waals surface area (Å²) < 4.78 is 5.95. The molecule has 0 aliphatic carbocycles. The van der Waals surface area contributed by atoms with Gasteiger partial charge in [-0.15, -0.1) is 0 Å². The second-order valence-electron chi connectivity index (χ2n) is 7.75. The number of benzene rings is 1. The molecule has 0 bridgehead atoms. The van der Waals surface area contributed by atoms with Crippen LogP contribution in [0.4, 0.5) is 0 Å². The van der Waals surface area contributed by atoms with Gasteiger partial charge in [0.05, 0.1) is 6.04 Å². The molecule has 2 aromatic rings. The molecule has 0 N–H and O–H groups in total. The smallest absolute Gasteiger partial charge is 0.239 e. The predicted molar refractivity (Wildman–Crippen MR) is 102 cm³/mol. The van der Waals surface area contributed by atoms with E-state index in [1.165, 1.54) is 12.8 Å². The van der Waals surface area contributed by atoms with Crippen LogP contribution in [0.15, 0.2) is 28.7 Å². The standard InChI is InChI=1S/C21H29N3O2/c1-16(21(25)24-12-6-2-3-7-13-24)23-14-10-17(11-15-23)20-22-18-8-4-5-9-19(18)26-20/h4-5,8-9,16-17H,2-3,6-7,10-15H2,1H3/t16-/m1/s1. The number of amides is 1. The lowest BCUT2D eigenvalue weighted by Gasteiger charge is -2.36. The summed E-state index contributed by atoms with van der Waals surface area (Å²) in [6, 6.07) is 7.93. The second-order valence-corrected chi connectivity index (χ2v) is 7.75. The summed E-state index contributed by atoms with van der Waals surface area (Å²) >= 11 is 0. The number of aromatic nitrogens is 1.